The van der Waals surface area contributed by atoms with E-state index in [1.54, 1.807) is 42.8 Å². The molecule has 0 fully saturated rings. The van der Waals surface area contributed by atoms with Crippen molar-refractivity contribution < 1.29 is 23.6 Å². The van der Waals surface area contributed by atoms with Gasteiger partial charge in [0.15, 0.2) is 0 Å². The molecule has 0 radical (unpaired) electrons. The Bertz CT molecular complexity index is 1090. The fraction of sp³-hybridized carbons (Fsp3) is 0.105. The SMILES string of the molecule is O=C1Nc2ncc(-c3ccco3)cc2C1C=Nc1ccc(CP(=O)(O)O)cc1. The van der Waals surface area contributed by atoms with Gasteiger partial charge in [-0.15, -0.1) is 0 Å². The number of anilines is 1. The van der Waals surface area contributed by atoms with E-state index in [2.05, 4.69) is 15.3 Å². The third-order valence-electron chi connectivity index (χ3n) is 4.28. The fourth-order valence-corrected chi connectivity index (χ4v) is 3.66. The Balaban J connectivity index is 1.56. The number of carbonyl (C=O) groups is 1. The number of fused-ring (bicyclic) bond motifs is 1. The van der Waals surface area contributed by atoms with Gasteiger partial charge in [-0.25, -0.2) is 4.98 Å². The molecule has 3 aromatic rings. The summed E-state index contributed by atoms with van der Waals surface area (Å²) in [6, 6.07) is 11.9. The quantitative estimate of drug-likeness (QED) is 0.447. The van der Waals surface area contributed by atoms with Crippen molar-refractivity contribution in [1.82, 2.24) is 4.98 Å². The molecule has 1 unspecified atom stereocenters. The van der Waals surface area contributed by atoms with Gasteiger partial charge >= 0.3 is 7.60 Å². The maximum absolute atomic E-state index is 12.3. The zero-order chi connectivity index (χ0) is 19.7. The first kappa shape index (κ1) is 18.3. The number of nitrogens with one attached hydrogen (secondary N) is 1. The van der Waals surface area contributed by atoms with Crippen LogP contribution in [0.5, 0.6) is 0 Å². The molecule has 4 rings (SSSR count). The molecule has 0 aliphatic carbocycles. The van der Waals surface area contributed by atoms with E-state index < -0.39 is 13.5 Å². The number of aliphatic imine (C=N–C) groups is 1. The Morgan fingerprint density at radius 1 is 1.25 bits per heavy atom. The molecular formula is C19H16N3O5P. The van der Waals surface area contributed by atoms with Crippen LogP contribution in [0.2, 0.25) is 0 Å². The minimum Gasteiger partial charge on any atom is -0.464 e. The van der Waals surface area contributed by atoms with Crippen LogP contribution in [0.15, 0.2) is 64.3 Å². The molecule has 28 heavy (non-hydrogen) atoms. The van der Waals surface area contributed by atoms with E-state index in [9.17, 15) is 9.36 Å². The summed E-state index contributed by atoms with van der Waals surface area (Å²) in [4.78, 5) is 39.0. The van der Waals surface area contributed by atoms with Crippen molar-refractivity contribution in [2.45, 2.75) is 12.1 Å². The fourth-order valence-electron chi connectivity index (χ4n) is 2.97. The number of nitrogens with zero attached hydrogens (tertiary/aromatic N) is 2. The summed E-state index contributed by atoms with van der Waals surface area (Å²) in [5.41, 5.74) is 2.57. The Kier molecular flexibility index (Phi) is 4.68. The summed E-state index contributed by atoms with van der Waals surface area (Å²) < 4.78 is 16.4. The highest BCUT2D eigenvalue weighted by molar-refractivity contribution is 7.50. The smallest absolute Gasteiger partial charge is 0.329 e. The van der Waals surface area contributed by atoms with Crippen LogP contribution in [0.25, 0.3) is 11.3 Å². The Morgan fingerprint density at radius 2 is 2.04 bits per heavy atom. The van der Waals surface area contributed by atoms with Crippen LogP contribution >= 0.6 is 7.60 Å². The molecule has 142 valence electrons. The highest BCUT2D eigenvalue weighted by Crippen LogP contribution is 2.39. The molecule has 0 spiro atoms. The summed E-state index contributed by atoms with van der Waals surface area (Å²) >= 11 is 0. The highest BCUT2D eigenvalue weighted by Gasteiger charge is 2.31. The van der Waals surface area contributed by atoms with Crippen LogP contribution < -0.4 is 5.32 Å². The van der Waals surface area contributed by atoms with Gasteiger partial charge in [-0.05, 0) is 35.9 Å². The molecule has 1 aromatic carbocycles. The highest BCUT2D eigenvalue weighted by atomic mass is 31.2. The van der Waals surface area contributed by atoms with Gasteiger partial charge in [-0.2, -0.15) is 0 Å². The lowest BCUT2D eigenvalue weighted by atomic mass is 10.0. The predicted octanol–water partition coefficient (Wildman–Crippen LogP) is 3.46. The van der Waals surface area contributed by atoms with Gasteiger partial charge in [0.1, 0.15) is 17.5 Å². The number of furan rings is 1. The summed E-state index contributed by atoms with van der Waals surface area (Å²) in [7, 11) is -4.11. The number of aromatic nitrogens is 1. The van der Waals surface area contributed by atoms with Crippen molar-refractivity contribution in [3.05, 3.63) is 66.1 Å². The Labute approximate surface area is 160 Å². The molecule has 0 saturated heterocycles. The van der Waals surface area contributed by atoms with Gasteiger partial charge in [-0.3, -0.25) is 14.4 Å². The lowest BCUT2D eigenvalue weighted by Gasteiger charge is -2.05. The number of pyridine rings is 1. The standard InChI is InChI=1S/C19H16N3O5P/c23-19-16(10-20-14-5-3-12(4-6-14)11-28(24,25)26)15-8-13(9-21-18(15)22-19)17-2-1-7-27-17/h1-10,16H,11H2,(H,21,22,23)(H2,24,25,26). The normalized spacial score (nSPS) is 16.4. The topological polar surface area (TPSA) is 125 Å². The second-order valence-electron chi connectivity index (χ2n) is 6.37. The average Bonchev–Trinajstić information content (AvgIpc) is 3.27. The molecule has 1 aliphatic heterocycles. The van der Waals surface area contributed by atoms with Crippen LogP contribution in [0, 0.1) is 0 Å². The van der Waals surface area contributed by atoms with E-state index in [1.165, 1.54) is 6.21 Å². The largest absolute Gasteiger partial charge is 0.464 e. The zero-order valence-corrected chi connectivity index (χ0v) is 15.4. The second kappa shape index (κ2) is 7.16. The minimum absolute atomic E-state index is 0.221. The summed E-state index contributed by atoms with van der Waals surface area (Å²) in [6.07, 6.45) is 4.42. The minimum atomic E-state index is -4.11. The van der Waals surface area contributed by atoms with Crippen LogP contribution in [0.4, 0.5) is 11.5 Å². The van der Waals surface area contributed by atoms with E-state index in [-0.39, 0.29) is 12.1 Å². The first-order valence-electron chi connectivity index (χ1n) is 8.41. The molecule has 3 N–H and O–H groups in total. The summed E-state index contributed by atoms with van der Waals surface area (Å²) in [5, 5.41) is 2.73. The van der Waals surface area contributed by atoms with Crippen LogP contribution in [-0.2, 0) is 15.5 Å². The number of rotatable bonds is 5. The van der Waals surface area contributed by atoms with Crippen molar-refractivity contribution >= 4 is 31.2 Å². The van der Waals surface area contributed by atoms with Crippen molar-refractivity contribution in [3.8, 4) is 11.3 Å². The zero-order valence-electron chi connectivity index (χ0n) is 14.5. The molecule has 2 aromatic heterocycles. The van der Waals surface area contributed by atoms with E-state index in [1.807, 2.05) is 12.1 Å². The number of hydrogen-bond donors (Lipinski definition) is 3. The van der Waals surface area contributed by atoms with Crippen LogP contribution in [0.3, 0.4) is 0 Å². The molecule has 0 saturated carbocycles. The maximum Gasteiger partial charge on any atom is 0.329 e. The lowest BCUT2D eigenvalue weighted by molar-refractivity contribution is -0.115. The average molecular weight is 397 g/mol. The number of benzene rings is 1. The molecule has 1 amide bonds. The molecule has 8 nitrogen and oxygen atoms in total. The third kappa shape index (κ3) is 3.94. The van der Waals surface area contributed by atoms with E-state index in [0.717, 1.165) is 5.56 Å². The predicted molar refractivity (Wildman–Crippen MR) is 104 cm³/mol. The molecular weight excluding hydrogens is 381 g/mol. The first-order chi connectivity index (χ1) is 13.4. The maximum atomic E-state index is 12.3. The van der Waals surface area contributed by atoms with Crippen LogP contribution in [0.1, 0.15) is 17.0 Å². The second-order valence-corrected chi connectivity index (χ2v) is 8.02. The van der Waals surface area contributed by atoms with Crippen molar-refractivity contribution in [2.75, 3.05) is 5.32 Å². The van der Waals surface area contributed by atoms with Crippen molar-refractivity contribution in [1.29, 1.82) is 0 Å². The number of hydrogen-bond acceptors (Lipinski definition) is 5. The van der Waals surface area contributed by atoms with E-state index >= 15 is 0 Å². The number of carbonyl (C=O) groups excluding carboxylic acids is 1. The van der Waals surface area contributed by atoms with Gasteiger partial charge < -0.3 is 19.5 Å². The summed E-state index contributed by atoms with van der Waals surface area (Å²) in [6.45, 7) is 0. The monoisotopic (exact) mass is 397 g/mol. The van der Waals surface area contributed by atoms with Gasteiger partial charge in [0.2, 0.25) is 5.91 Å². The molecule has 1 aliphatic rings. The molecule has 0 bridgehead atoms. The number of amides is 1. The van der Waals surface area contributed by atoms with E-state index in [4.69, 9.17) is 14.2 Å². The van der Waals surface area contributed by atoms with Gasteiger partial charge in [0.05, 0.1) is 18.1 Å². The lowest BCUT2D eigenvalue weighted by Crippen LogP contribution is -2.12. The third-order valence-corrected chi connectivity index (χ3v) is 5.06. The molecule has 1 atom stereocenters. The van der Waals surface area contributed by atoms with Crippen LogP contribution in [-0.4, -0.2) is 26.9 Å². The summed E-state index contributed by atoms with van der Waals surface area (Å²) in [5.74, 6) is 0.341. The first-order valence-corrected chi connectivity index (χ1v) is 10.2. The van der Waals surface area contributed by atoms with E-state index in [0.29, 0.717) is 28.4 Å². The Hall–Kier alpha value is -3.06. The molecule has 3 heterocycles. The van der Waals surface area contributed by atoms with Gasteiger partial charge in [0, 0.05) is 23.5 Å². The van der Waals surface area contributed by atoms with Crippen molar-refractivity contribution in [3.63, 3.8) is 0 Å². The van der Waals surface area contributed by atoms with Gasteiger partial charge in [0.25, 0.3) is 0 Å². The van der Waals surface area contributed by atoms with Crippen molar-refractivity contribution in [2.24, 2.45) is 4.99 Å². The van der Waals surface area contributed by atoms with Gasteiger partial charge in [-0.1, -0.05) is 12.1 Å². The molecule has 9 heteroatoms. The Morgan fingerprint density at radius 3 is 2.71 bits per heavy atom.